The average molecular weight is 521 g/mol. The van der Waals surface area contributed by atoms with Gasteiger partial charge < -0.3 is 24.4 Å². The van der Waals surface area contributed by atoms with E-state index in [4.69, 9.17) is 19.2 Å². The molecule has 10 heteroatoms. The summed E-state index contributed by atoms with van der Waals surface area (Å²) in [5, 5.41) is 9.00. The maximum Gasteiger partial charge on any atom is 0.225 e. The molecule has 0 unspecified atom stereocenters. The number of ether oxygens (including phenoxy) is 3. The lowest BCUT2D eigenvalue weighted by Crippen LogP contribution is -2.37. The van der Waals surface area contributed by atoms with Gasteiger partial charge in [0, 0.05) is 37.3 Å². The molecule has 6 rings (SSSR count). The van der Waals surface area contributed by atoms with Crippen LogP contribution in [0.4, 0.5) is 5.95 Å². The number of carbonyl (C=O) groups excluding carboxylic acids is 1. The van der Waals surface area contributed by atoms with Gasteiger partial charge in [-0.3, -0.25) is 4.79 Å². The standard InChI is InChI=1S/C28H36N6O4/c1-28(2)37-18-21(38-28)17-36-24-7-5-6-23-22(24)16-30-34(23)25-12-13-29-27(32-25)31-20-10-8-19(9-11-20)26(35)33-14-3-4-15-33/h5-7,12-13,16,19-21H,3-4,8-11,14-15,17-18H2,1-2H3,(H,29,31,32)/t19?,20?,21-/m1/s1. The van der Waals surface area contributed by atoms with Crippen LogP contribution in [-0.2, 0) is 14.3 Å². The molecule has 3 fully saturated rings. The van der Waals surface area contributed by atoms with Gasteiger partial charge in [0.25, 0.3) is 0 Å². The normalized spacial score (nSPS) is 25.1. The lowest BCUT2D eigenvalue weighted by Gasteiger charge is -2.30. The first-order chi connectivity index (χ1) is 18.4. The fraction of sp³-hybridized carbons (Fsp3) is 0.571. The van der Waals surface area contributed by atoms with Crippen molar-refractivity contribution >= 4 is 22.8 Å². The molecular formula is C28H36N6O4. The summed E-state index contributed by atoms with van der Waals surface area (Å²) in [6.07, 6.45) is 9.42. The third-order valence-electron chi connectivity index (χ3n) is 7.75. The highest BCUT2D eigenvalue weighted by atomic mass is 16.7. The lowest BCUT2D eigenvalue weighted by atomic mass is 9.85. The number of nitrogens with one attached hydrogen (secondary N) is 1. The molecule has 38 heavy (non-hydrogen) atoms. The summed E-state index contributed by atoms with van der Waals surface area (Å²) < 4.78 is 19.4. The molecule has 1 aliphatic carbocycles. The Kier molecular flexibility index (Phi) is 6.92. The topological polar surface area (TPSA) is 104 Å². The Labute approximate surface area is 222 Å². The molecule has 0 radical (unpaired) electrons. The third-order valence-corrected chi connectivity index (χ3v) is 7.75. The first-order valence-electron chi connectivity index (χ1n) is 13.8. The number of likely N-dealkylation sites (tertiary alicyclic amines) is 1. The summed E-state index contributed by atoms with van der Waals surface area (Å²) in [4.78, 5) is 24.0. The van der Waals surface area contributed by atoms with Gasteiger partial charge in [-0.15, -0.1) is 0 Å². The van der Waals surface area contributed by atoms with Gasteiger partial charge in [-0.25, -0.2) is 9.67 Å². The quantitative estimate of drug-likeness (QED) is 0.500. The summed E-state index contributed by atoms with van der Waals surface area (Å²) in [6.45, 7) is 6.58. The fourth-order valence-electron chi connectivity index (χ4n) is 5.76. The van der Waals surface area contributed by atoms with E-state index < -0.39 is 5.79 Å². The molecule has 1 saturated carbocycles. The van der Waals surface area contributed by atoms with E-state index in [1.54, 1.807) is 17.1 Å². The van der Waals surface area contributed by atoms with Gasteiger partial charge in [-0.1, -0.05) is 6.07 Å². The molecule has 10 nitrogen and oxygen atoms in total. The van der Waals surface area contributed by atoms with Crippen LogP contribution in [0.2, 0.25) is 0 Å². The predicted molar refractivity (Wildman–Crippen MR) is 142 cm³/mol. The van der Waals surface area contributed by atoms with Crippen molar-refractivity contribution in [3.8, 4) is 11.6 Å². The second-order valence-electron chi connectivity index (χ2n) is 11.0. The van der Waals surface area contributed by atoms with E-state index in [0.717, 1.165) is 68.3 Å². The van der Waals surface area contributed by atoms with Gasteiger partial charge in [0.2, 0.25) is 11.9 Å². The summed E-state index contributed by atoms with van der Waals surface area (Å²) in [7, 11) is 0. The number of benzene rings is 1. The zero-order valence-electron chi connectivity index (χ0n) is 22.1. The van der Waals surface area contributed by atoms with Crippen molar-refractivity contribution in [2.45, 2.75) is 70.3 Å². The molecule has 2 aliphatic heterocycles. The van der Waals surface area contributed by atoms with Gasteiger partial charge in [0.15, 0.2) is 11.6 Å². The molecule has 1 N–H and O–H groups in total. The molecule has 2 aromatic heterocycles. The zero-order chi connectivity index (χ0) is 26.1. The molecule has 1 atom stereocenters. The maximum atomic E-state index is 12.8. The highest BCUT2D eigenvalue weighted by Gasteiger charge is 2.33. The van der Waals surface area contributed by atoms with E-state index in [0.29, 0.717) is 30.9 Å². The van der Waals surface area contributed by atoms with Gasteiger partial charge in [-0.2, -0.15) is 10.1 Å². The Balaban J connectivity index is 1.10. The van der Waals surface area contributed by atoms with Crippen LogP contribution in [0, 0.1) is 5.92 Å². The second-order valence-corrected chi connectivity index (χ2v) is 11.0. The van der Waals surface area contributed by atoms with Crippen molar-refractivity contribution in [1.29, 1.82) is 0 Å². The Morgan fingerprint density at radius 2 is 1.97 bits per heavy atom. The van der Waals surface area contributed by atoms with Crippen LogP contribution in [-0.4, -0.2) is 74.8 Å². The van der Waals surface area contributed by atoms with E-state index >= 15 is 0 Å². The fourth-order valence-corrected chi connectivity index (χ4v) is 5.76. The Morgan fingerprint density at radius 3 is 2.74 bits per heavy atom. The number of hydrogen-bond acceptors (Lipinski definition) is 8. The smallest absolute Gasteiger partial charge is 0.225 e. The molecule has 1 aromatic carbocycles. The van der Waals surface area contributed by atoms with Crippen LogP contribution in [0.15, 0.2) is 36.7 Å². The average Bonchev–Trinajstić information content (AvgIpc) is 3.68. The maximum absolute atomic E-state index is 12.8. The zero-order valence-corrected chi connectivity index (χ0v) is 22.1. The summed E-state index contributed by atoms with van der Waals surface area (Å²) in [5.41, 5.74) is 0.900. The highest BCUT2D eigenvalue weighted by molar-refractivity contribution is 5.86. The third kappa shape index (κ3) is 5.33. The Hall–Kier alpha value is -3.24. The highest BCUT2D eigenvalue weighted by Crippen LogP contribution is 2.30. The molecule has 202 valence electrons. The second kappa shape index (κ2) is 10.5. The number of carbonyl (C=O) groups is 1. The molecular weight excluding hydrogens is 484 g/mol. The predicted octanol–water partition coefficient (Wildman–Crippen LogP) is 3.94. The number of fused-ring (bicyclic) bond motifs is 1. The first kappa shape index (κ1) is 25.1. The van der Waals surface area contributed by atoms with Gasteiger partial charge in [0.05, 0.1) is 23.7 Å². The van der Waals surface area contributed by atoms with E-state index in [2.05, 4.69) is 15.4 Å². The van der Waals surface area contributed by atoms with E-state index in [9.17, 15) is 4.79 Å². The van der Waals surface area contributed by atoms with Crippen molar-refractivity contribution in [3.05, 3.63) is 36.7 Å². The molecule has 4 heterocycles. The molecule has 2 saturated heterocycles. The summed E-state index contributed by atoms with van der Waals surface area (Å²) in [5.74, 6) is 1.93. The monoisotopic (exact) mass is 520 g/mol. The summed E-state index contributed by atoms with van der Waals surface area (Å²) >= 11 is 0. The molecule has 3 aliphatic rings. The molecule has 0 bridgehead atoms. The molecule has 0 spiro atoms. The minimum atomic E-state index is -0.575. The number of anilines is 1. The Morgan fingerprint density at radius 1 is 1.16 bits per heavy atom. The van der Waals surface area contributed by atoms with Crippen molar-refractivity contribution in [2.75, 3.05) is 31.6 Å². The summed E-state index contributed by atoms with van der Waals surface area (Å²) in [6, 6.07) is 8.00. The van der Waals surface area contributed by atoms with Crippen LogP contribution < -0.4 is 10.1 Å². The molecule has 3 aromatic rings. The SMILES string of the molecule is CC1(C)OC[C@@H](COc2cccc3c2cnn3-c2ccnc(NC3CCC(C(=O)N4CCCC4)CC3)n2)O1. The first-order valence-corrected chi connectivity index (χ1v) is 13.8. The number of nitrogens with zero attached hydrogens (tertiary/aromatic N) is 5. The minimum absolute atomic E-state index is 0.112. The van der Waals surface area contributed by atoms with Crippen LogP contribution >= 0.6 is 0 Å². The van der Waals surface area contributed by atoms with Crippen LogP contribution in [0.3, 0.4) is 0 Å². The van der Waals surface area contributed by atoms with E-state index in [-0.39, 0.29) is 18.1 Å². The van der Waals surface area contributed by atoms with Gasteiger partial charge >= 0.3 is 0 Å². The van der Waals surface area contributed by atoms with Crippen molar-refractivity contribution in [3.63, 3.8) is 0 Å². The van der Waals surface area contributed by atoms with Crippen LogP contribution in [0.1, 0.15) is 52.4 Å². The molecule has 1 amide bonds. The van der Waals surface area contributed by atoms with Crippen molar-refractivity contribution in [2.24, 2.45) is 5.92 Å². The minimum Gasteiger partial charge on any atom is -0.490 e. The van der Waals surface area contributed by atoms with Gasteiger partial charge in [-0.05, 0) is 64.5 Å². The Bertz CT molecular complexity index is 1280. The number of aromatic nitrogens is 4. The van der Waals surface area contributed by atoms with E-state index in [1.165, 1.54) is 0 Å². The van der Waals surface area contributed by atoms with Gasteiger partial charge in [0.1, 0.15) is 18.5 Å². The number of amides is 1. The van der Waals surface area contributed by atoms with Crippen LogP contribution in [0.25, 0.3) is 16.7 Å². The number of hydrogen-bond donors (Lipinski definition) is 1. The number of rotatable bonds is 7. The van der Waals surface area contributed by atoms with Crippen LogP contribution in [0.5, 0.6) is 5.75 Å². The van der Waals surface area contributed by atoms with Crippen molar-refractivity contribution < 1.29 is 19.0 Å². The van der Waals surface area contributed by atoms with E-state index in [1.807, 2.05) is 43.0 Å². The largest absolute Gasteiger partial charge is 0.490 e. The van der Waals surface area contributed by atoms with Crippen molar-refractivity contribution in [1.82, 2.24) is 24.6 Å². The lowest BCUT2D eigenvalue weighted by molar-refractivity contribution is -0.141.